The van der Waals surface area contributed by atoms with Crippen molar-refractivity contribution in [3.05, 3.63) is 64.1 Å². The van der Waals surface area contributed by atoms with Crippen LogP contribution in [0.4, 0.5) is 0 Å². The Bertz CT molecular complexity index is 705. The second-order valence-corrected chi connectivity index (χ2v) is 7.44. The molecule has 1 aromatic heterocycles. The highest BCUT2D eigenvalue weighted by Crippen LogP contribution is 2.26. The third-order valence-electron chi connectivity index (χ3n) is 5.02. The molecule has 1 fully saturated rings. The lowest BCUT2D eigenvalue weighted by Crippen LogP contribution is -2.35. The molecule has 0 saturated carbocycles. The Morgan fingerprint density at radius 2 is 1.88 bits per heavy atom. The minimum atomic E-state index is 0.0493. The molecule has 0 atom stereocenters. The van der Waals surface area contributed by atoms with E-state index < -0.39 is 0 Å². The maximum Gasteiger partial charge on any atom is 0.252 e. The van der Waals surface area contributed by atoms with Crippen LogP contribution in [0.2, 0.25) is 0 Å². The van der Waals surface area contributed by atoms with Crippen LogP contribution < -0.4 is 5.56 Å². The maximum atomic E-state index is 11.8. The van der Waals surface area contributed by atoms with Crippen LogP contribution in [0.25, 0.3) is 0 Å². The van der Waals surface area contributed by atoms with Crippen LogP contribution in [-0.2, 0) is 13.0 Å². The predicted molar refractivity (Wildman–Crippen MR) is 102 cm³/mol. The van der Waals surface area contributed by atoms with E-state index in [4.69, 9.17) is 0 Å². The van der Waals surface area contributed by atoms with E-state index in [0.29, 0.717) is 0 Å². The molecule has 1 aliphatic heterocycles. The quantitative estimate of drug-likeness (QED) is 0.808. The smallest absolute Gasteiger partial charge is 0.252 e. The first-order valence-corrected chi connectivity index (χ1v) is 9.99. The zero-order valence-corrected chi connectivity index (χ0v) is 15.1. The summed E-state index contributed by atoms with van der Waals surface area (Å²) in [5.41, 5.74) is 2.42. The van der Waals surface area contributed by atoms with Crippen LogP contribution in [0.5, 0.6) is 0 Å². The monoisotopic (exact) mass is 342 g/mol. The molecule has 1 aromatic carbocycles. The van der Waals surface area contributed by atoms with Crippen molar-refractivity contribution in [2.75, 3.05) is 19.3 Å². The first kappa shape index (κ1) is 17.3. The Hall–Kier alpha value is -1.52. The molecular formula is C20H26N2OS. The van der Waals surface area contributed by atoms with Crippen molar-refractivity contribution in [3.8, 4) is 0 Å². The molecule has 3 rings (SSSR count). The number of hydrogen-bond donors (Lipinski definition) is 1. The van der Waals surface area contributed by atoms with Gasteiger partial charge in [0.05, 0.1) is 0 Å². The van der Waals surface area contributed by atoms with E-state index in [2.05, 4.69) is 40.4 Å². The molecule has 1 saturated heterocycles. The largest absolute Gasteiger partial charge is 0.329 e. The van der Waals surface area contributed by atoms with Crippen molar-refractivity contribution in [3.63, 3.8) is 0 Å². The molecule has 24 heavy (non-hydrogen) atoms. The summed E-state index contributed by atoms with van der Waals surface area (Å²) in [7, 11) is 0. The van der Waals surface area contributed by atoms with Gasteiger partial charge in [-0.15, -0.1) is 11.8 Å². The van der Waals surface area contributed by atoms with Gasteiger partial charge in [0, 0.05) is 23.2 Å². The van der Waals surface area contributed by atoms with Crippen LogP contribution in [0.1, 0.15) is 30.4 Å². The Balaban J connectivity index is 1.47. The summed E-state index contributed by atoms with van der Waals surface area (Å²) in [6, 6.07) is 12.6. The van der Waals surface area contributed by atoms with Gasteiger partial charge in [-0.25, -0.2) is 0 Å². The highest BCUT2D eigenvalue weighted by molar-refractivity contribution is 7.98. The number of H-pyrrole nitrogens is 1. The Morgan fingerprint density at radius 3 is 2.62 bits per heavy atom. The minimum absolute atomic E-state index is 0.0493. The normalized spacial score (nSPS) is 16.4. The van der Waals surface area contributed by atoms with Crippen molar-refractivity contribution < 1.29 is 0 Å². The molecule has 2 aromatic rings. The van der Waals surface area contributed by atoms with Gasteiger partial charge in [-0.1, -0.05) is 24.3 Å². The number of rotatable bonds is 6. The summed E-state index contributed by atoms with van der Waals surface area (Å²) < 4.78 is 0. The number of pyridine rings is 1. The fourth-order valence-corrected chi connectivity index (χ4v) is 4.17. The van der Waals surface area contributed by atoms with Crippen molar-refractivity contribution in [1.82, 2.24) is 9.88 Å². The van der Waals surface area contributed by atoms with E-state index in [1.165, 1.54) is 36.1 Å². The van der Waals surface area contributed by atoms with Crippen LogP contribution >= 0.6 is 11.8 Å². The predicted octanol–water partition coefficient (Wildman–Crippen LogP) is 3.94. The lowest BCUT2D eigenvalue weighted by Gasteiger charge is -2.31. The average Bonchev–Trinajstić information content (AvgIpc) is 2.63. The molecule has 0 spiro atoms. The average molecular weight is 343 g/mol. The lowest BCUT2D eigenvalue weighted by atomic mass is 9.90. The third kappa shape index (κ3) is 4.52. The number of aromatic amines is 1. The summed E-state index contributed by atoms with van der Waals surface area (Å²) in [4.78, 5) is 18.4. The van der Waals surface area contributed by atoms with Crippen molar-refractivity contribution in [2.24, 2.45) is 5.92 Å². The fraction of sp³-hybridized carbons (Fsp3) is 0.450. The standard InChI is InChI=1S/C20H26N2OS/c1-24-19-7-3-2-5-17(19)9-8-16-10-13-22(14-11-16)15-18-6-4-12-21-20(18)23/h2-7,12,16H,8-11,13-15H2,1H3,(H,21,23). The Kier molecular flexibility index (Phi) is 6.16. The maximum absolute atomic E-state index is 11.8. The van der Waals surface area contributed by atoms with E-state index >= 15 is 0 Å². The topological polar surface area (TPSA) is 36.1 Å². The zero-order valence-electron chi connectivity index (χ0n) is 14.3. The molecule has 0 radical (unpaired) electrons. The SMILES string of the molecule is CSc1ccccc1CCC1CCN(Cc2ccc[nH]c2=O)CC1. The van der Waals surface area contributed by atoms with Gasteiger partial charge in [-0.3, -0.25) is 9.69 Å². The van der Waals surface area contributed by atoms with E-state index in [1.807, 2.05) is 23.9 Å². The number of aryl methyl sites for hydroxylation is 1. The van der Waals surface area contributed by atoms with Gasteiger partial charge in [0.25, 0.3) is 5.56 Å². The van der Waals surface area contributed by atoms with Crippen molar-refractivity contribution in [2.45, 2.75) is 37.1 Å². The second kappa shape index (κ2) is 8.54. The van der Waals surface area contributed by atoms with E-state index in [0.717, 1.165) is 31.1 Å². The van der Waals surface area contributed by atoms with Crippen molar-refractivity contribution in [1.29, 1.82) is 0 Å². The summed E-state index contributed by atoms with van der Waals surface area (Å²) in [5.74, 6) is 0.810. The molecule has 128 valence electrons. The lowest BCUT2D eigenvalue weighted by molar-refractivity contribution is 0.172. The van der Waals surface area contributed by atoms with Gasteiger partial charge >= 0.3 is 0 Å². The van der Waals surface area contributed by atoms with Gasteiger partial charge in [0.1, 0.15) is 0 Å². The van der Waals surface area contributed by atoms with Crippen LogP contribution in [-0.4, -0.2) is 29.2 Å². The third-order valence-corrected chi connectivity index (χ3v) is 5.85. The fourth-order valence-electron chi connectivity index (χ4n) is 3.52. The molecule has 4 heteroatoms. The first-order chi connectivity index (χ1) is 11.8. The summed E-state index contributed by atoms with van der Waals surface area (Å²) in [6.07, 6.45) is 8.79. The van der Waals surface area contributed by atoms with Crippen LogP contribution in [0.15, 0.2) is 52.3 Å². The number of likely N-dealkylation sites (tertiary alicyclic amines) is 1. The zero-order chi connectivity index (χ0) is 16.8. The summed E-state index contributed by atoms with van der Waals surface area (Å²) >= 11 is 1.84. The highest BCUT2D eigenvalue weighted by atomic mass is 32.2. The summed E-state index contributed by atoms with van der Waals surface area (Å²) in [5, 5.41) is 0. The number of piperidine rings is 1. The number of aromatic nitrogens is 1. The van der Waals surface area contributed by atoms with Gasteiger partial charge in [0.15, 0.2) is 0 Å². The molecule has 0 unspecified atom stereocenters. The van der Waals surface area contributed by atoms with E-state index in [-0.39, 0.29) is 5.56 Å². The minimum Gasteiger partial charge on any atom is -0.329 e. The second-order valence-electron chi connectivity index (χ2n) is 6.59. The number of nitrogens with zero attached hydrogens (tertiary/aromatic N) is 1. The van der Waals surface area contributed by atoms with Gasteiger partial charge in [0.2, 0.25) is 0 Å². The van der Waals surface area contributed by atoms with Gasteiger partial charge < -0.3 is 4.98 Å². The molecule has 1 aliphatic rings. The molecule has 3 nitrogen and oxygen atoms in total. The van der Waals surface area contributed by atoms with Crippen molar-refractivity contribution >= 4 is 11.8 Å². The molecule has 0 aliphatic carbocycles. The number of thioether (sulfide) groups is 1. The van der Waals surface area contributed by atoms with Gasteiger partial charge in [-0.05, 0) is 68.6 Å². The number of hydrogen-bond acceptors (Lipinski definition) is 3. The Morgan fingerprint density at radius 1 is 1.12 bits per heavy atom. The van der Waals surface area contributed by atoms with Crippen LogP contribution in [0.3, 0.4) is 0 Å². The molecule has 2 heterocycles. The number of nitrogens with one attached hydrogen (secondary N) is 1. The highest BCUT2D eigenvalue weighted by Gasteiger charge is 2.20. The summed E-state index contributed by atoms with van der Waals surface area (Å²) in [6.45, 7) is 2.98. The molecular weight excluding hydrogens is 316 g/mol. The van der Waals surface area contributed by atoms with Crippen LogP contribution in [0, 0.1) is 5.92 Å². The molecule has 0 amide bonds. The first-order valence-electron chi connectivity index (χ1n) is 8.77. The van der Waals surface area contributed by atoms with Gasteiger partial charge in [-0.2, -0.15) is 0 Å². The Labute approximate surface area is 148 Å². The van der Waals surface area contributed by atoms with E-state index in [9.17, 15) is 4.79 Å². The molecule has 0 bridgehead atoms. The van der Waals surface area contributed by atoms with E-state index in [1.54, 1.807) is 6.20 Å². The molecule has 1 N–H and O–H groups in total. The number of benzene rings is 1.